The maximum Gasteiger partial charge on any atom is 0.290 e. The molecule has 1 unspecified atom stereocenters. The summed E-state index contributed by atoms with van der Waals surface area (Å²) in [6, 6.07) is 9.71. The van der Waals surface area contributed by atoms with E-state index in [1.54, 1.807) is 0 Å². The highest BCUT2D eigenvalue weighted by Gasteiger charge is 2.17. The van der Waals surface area contributed by atoms with Crippen LogP contribution in [0.1, 0.15) is 18.5 Å². The highest BCUT2D eigenvalue weighted by molar-refractivity contribution is 5.91. The molecule has 2 rings (SSSR count). The summed E-state index contributed by atoms with van der Waals surface area (Å²) in [5, 5.41) is 2.85. The summed E-state index contributed by atoms with van der Waals surface area (Å²) in [5.74, 6) is -0.0138. The molecule has 0 saturated heterocycles. The van der Waals surface area contributed by atoms with Crippen molar-refractivity contribution in [3.05, 3.63) is 47.9 Å². The first kappa shape index (κ1) is 11.5. The molecule has 1 N–H and O–H groups in total. The Morgan fingerprint density at radius 3 is 2.71 bits per heavy atom. The van der Waals surface area contributed by atoms with Gasteiger partial charge in [0.05, 0.1) is 6.04 Å². The highest BCUT2D eigenvalue weighted by Crippen LogP contribution is 2.13. The number of ether oxygens (including phenoxy) is 2. The summed E-state index contributed by atoms with van der Waals surface area (Å²) < 4.78 is 10.2. The standard InChI is InChI=1S/C13H15NO3/c1-10(11-5-3-2-4-6-11)14-13(15)12-9-16-7-8-17-12/h2-6,9-10H,7-8H2,1H3,(H,14,15). The van der Waals surface area contributed by atoms with Crippen LogP contribution in [0.3, 0.4) is 0 Å². The molecule has 1 aliphatic heterocycles. The van der Waals surface area contributed by atoms with Crippen molar-refractivity contribution < 1.29 is 14.3 Å². The fourth-order valence-corrected chi connectivity index (χ4v) is 1.58. The SMILES string of the molecule is CC(NC(=O)C1=COCCO1)c1ccccc1. The molecule has 4 heteroatoms. The van der Waals surface area contributed by atoms with Crippen LogP contribution in [0.2, 0.25) is 0 Å². The molecule has 0 spiro atoms. The molecular weight excluding hydrogens is 218 g/mol. The van der Waals surface area contributed by atoms with Crippen molar-refractivity contribution in [2.24, 2.45) is 0 Å². The molecule has 0 bridgehead atoms. The van der Waals surface area contributed by atoms with Gasteiger partial charge in [0.25, 0.3) is 5.91 Å². The first-order valence-electron chi connectivity index (χ1n) is 5.58. The molecule has 0 saturated carbocycles. The molecule has 1 aliphatic rings. The Bertz CT molecular complexity index is 414. The normalized spacial score (nSPS) is 16.2. The van der Waals surface area contributed by atoms with Gasteiger partial charge < -0.3 is 14.8 Å². The van der Waals surface area contributed by atoms with E-state index in [0.29, 0.717) is 13.2 Å². The fraction of sp³-hybridized carbons (Fsp3) is 0.308. The Hall–Kier alpha value is -1.97. The summed E-state index contributed by atoms with van der Waals surface area (Å²) in [6.07, 6.45) is 1.36. The summed E-state index contributed by atoms with van der Waals surface area (Å²) in [7, 11) is 0. The van der Waals surface area contributed by atoms with Gasteiger partial charge in [-0.05, 0) is 12.5 Å². The number of nitrogens with one attached hydrogen (secondary N) is 1. The lowest BCUT2D eigenvalue weighted by atomic mass is 10.1. The van der Waals surface area contributed by atoms with Crippen molar-refractivity contribution in [3.8, 4) is 0 Å². The monoisotopic (exact) mass is 233 g/mol. The number of carbonyl (C=O) groups excluding carboxylic acids is 1. The molecule has 17 heavy (non-hydrogen) atoms. The van der Waals surface area contributed by atoms with Gasteiger partial charge in [0, 0.05) is 0 Å². The Morgan fingerprint density at radius 1 is 1.29 bits per heavy atom. The van der Waals surface area contributed by atoms with Gasteiger partial charge in [-0.3, -0.25) is 4.79 Å². The minimum Gasteiger partial charge on any atom is -0.494 e. The van der Waals surface area contributed by atoms with Gasteiger partial charge in [0.1, 0.15) is 19.5 Å². The van der Waals surface area contributed by atoms with Crippen LogP contribution in [0.5, 0.6) is 0 Å². The molecule has 1 aromatic carbocycles. The van der Waals surface area contributed by atoms with Crippen molar-refractivity contribution in [3.63, 3.8) is 0 Å². The Balaban J connectivity index is 1.97. The number of carbonyl (C=O) groups is 1. The van der Waals surface area contributed by atoms with E-state index in [1.165, 1.54) is 6.26 Å². The second-order valence-corrected chi connectivity index (χ2v) is 3.81. The molecule has 4 nitrogen and oxygen atoms in total. The lowest BCUT2D eigenvalue weighted by Crippen LogP contribution is -2.30. The first-order valence-corrected chi connectivity index (χ1v) is 5.58. The number of hydrogen-bond acceptors (Lipinski definition) is 3. The third-order valence-corrected chi connectivity index (χ3v) is 2.52. The van der Waals surface area contributed by atoms with E-state index in [0.717, 1.165) is 5.56 Å². The van der Waals surface area contributed by atoms with Crippen LogP contribution in [0.15, 0.2) is 42.4 Å². The third-order valence-electron chi connectivity index (χ3n) is 2.52. The fourth-order valence-electron chi connectivity index (χ4n) is 1.58. The lowest BCUT2D eigenvalue weighted by Gasteiger charge is -2.18. The van der Waals surface area contributed by atoms with Gasteiger partial charge >= 0.3 is 0 Å². The van der Waals surface area contributed by atoms with Gasteiger partial charge in [-0.25, -0.2) is 0 Å². The smallest absolute Gasteiger partial charge is 0.290 e. The van der Waals surface area contributed by atoms with E-state index < -0.39 is 0 Å². The van der Waals surface area contributed by atoms with Crippen LogP contribution < -0.4 is 5.32 Å². The summed E-state index contributed by atoms with van der Waals surface area (Å²) >= 11 is 0. The van der Waals surface area contributed by atoms with Crippen LogP contribution >= 0.6 is 0 Å². The van der Waals surface area contributed by atoms with Crippen molar-refractivity contribution in [2.45, 2.75) is 13.0 Å². The molecule has 90 valence electrons. The van der Waals surface area contributed by atoms with Gasteiger partial charge in [-0.1, -0.05) is 30.3 Å². The Labute approximate surface area is 100 Å². The van der Waals surface area contributed by atoms with E-state index >= 15 is 0 Å². The molecule has 0 radical (unpaired) electrons. The summed E-state index contributed by atoms with van der Waals surface area (Å²) in [5.41, 5.74) is 1.05. The molecular formula is C13H15NO3. The van der Waals surface area contributed by atoms with Crippen molar-refractivity contribution in [1.82, 2.24) is 5.32 Å². The second kappa shape index (κ2) is 5.39. The van der Waals surface area contributed by atoms with E-state index in [2.05, 4.69) is 5.32 Å². The number of hydrogen-bond donors (Lipinski definition) is 1. The second-order valence-electron chi connectivity index (χ2n) is 3.81. The molecule has 1 amide bonds. The van der Waals surface area contributed by atoms with Crippen LogP contribution in [-0.2, 0) is 14.3 Å². The molecule has 0 fully saturated rings. The van der Waals surface area contributed by atoms with Gasteiger partial charge in [0.15, 0.2) is 0 Å². The Kier molecular flexibility index (Phi) is 3.65. The van der Waals surface area contributed by atoms with Gasteiger partial charge in [-0.2, -0.15) is 0 Å². The maximum absolute atomic E-state index is 11.8. The third kappa shape index (κ3) is 3.00. The molecule has 1 atom stereocenters. The van der Waals surface area contributed by atoms with E-state index in [1.807, 2.05) is 37.3 Å². The number of rotatable bonds is 3. The topological polar surface area (TPSA) is 47.6 Å². The van der Waals surface area contributed by atoms with Gasteiger partial charge in [-0.15, -0.1) is 0 Å². The minimum atomic E-state index is -0.249. The van der Waals surface area contributed by atoms with Crippen molar-refractivity contribution in [1.29, 1.82) is 0 Å². The highest BCUT2D eigenvalue weighted by atomic mass is 16.6. The zero-order valence-corrected chi connectivity index (χ0v) is 9.68. The van der Waals surface area contributed by atoms with Crippen LogP contribution in [0.4, 0.5) is 0 Å². The minimum absolute atomic E-state index is 0.0601. The first-order chi connectivity index (χ1) is 8.27. The lowest BCUT2D eigenvalue weighted by molar-refractivity contribution is -0.122. The van der Waals surface area contributed by atoms with Crippen molar-refractivity contribution >= 4 is 5.91 Å². The maximum atomic E-state index is 11.8. The van der Waals surface area contributed by atoms with Crippen LogP contribution in [0.25, 0.3) is 0 Å². The van der Waals surface area contributed by atoms with E-state index in [-0.39, 0.29) is 17.7 Å². The van der Waals surface area contributed by atoms with Gasteiger partial charge in [0.2, 0.25) is 5.76 Å². The van der Waals surface area contributed by atoms with E-state index in [4.69, 9.17) is 9.47 Å². The number of amides is 1. The Morgan fingerprint density at radius 2 is 2.06 bits per heavy atom. The zero-order chi connectivity index (χ0) is 12.1. The molecule has 0 aromatic heterocycles. The zero-order valence-electron chi connectivity index (χ0n) is 9.68. The summed E-state index contributed by atoms with van der Waals surface area (Å²) in [4.78, 5) is 11.8. The predicted octanol–water partition coefficient (Wildman–Crippen LogP) is 1.75. The average molecular weight is 233 g/mol. The average Bonchev–Trinajstić information content (AvgIpc) is 2.40. The number of benzene rings is 1. The summed E-state index contributed by atoms with van der Waals surface area (Å²) in [6.45, 7) is 2.83. The quantitative estimate of drug-likeness (QED) is 0.865. The largest absolute Gasteiger partial charge is 0.494 e. The molecule has 0 aliphatic carbocycles. The predicted molar refractivity (Wildman–Crippen MR) is 63.0 cm³/mol. The molecule has 1 aromatic rings. The van der Waals surface area contributed by atoms with Crippen LogP contribution in [0, 0.1) is 0 Å². The van der Waals surface area contributed by atoms with Crippen LogP contribution in [-0.4, -0.2) is 19.1 Å². The van der Waals surface area contributed by atoms with Crippen molar-refractivity contribution in [2.75, 3.05) is 13.2 Å². The molecule has 1 heterocycles. The van der Waals surface area contributed by atoms with E-state index in [9.17, 15) is 4.79 Å².